The lowest BCUT2D eigenvalue weighted by molar-refractivity contribution is -0.141. The Bertz CT molecular complexity index is 1130. The molecule has 1 aromatic carbocycles. The molecule has 1 aromatic heterocycles. The molecule has 1 amide bonds. The van der Waals surface area contributed by atoms with E-state index in [1.807, 2.05) is 6.08 Å². The van der Waals surface area contributed by atoms with Crippen LogP contribution in [0.5, 0.6) is 0 Å². The minimum absolute atomic E-state index is 0.106. The van der Waals surface area contributed by atoms with Crippen LogP contribution >= 0.6 is 0 Å². The van der Waals surface area contributed by atoms with Crippen molar-refractivity contribution < 1.29 is 31.1 Å². The molecule has 11 heteroatoms. The molecule has 1 saturated carbocycles. The minimum atomic E-state index is -4.60. The van der Waals surface area contributed by atoms with Crippen LogP contribution in [-0.4, -0.2) is 26.7 Å². The summed E-state index contributed by atoms with van der Waals surface area (Å²) in [4.78, 5) is 16.0. The summed E-state index contributed by atoms with van der Waals surface area (Å²) in [7, 11) is 1.17. The lowest BCUT2D eigenvalue weighted by Crippen LogP contribution is -2.23. The number of pyridine rings is 1. The fourth-order valence-corrected chi connectivity index (χ4v) is 4.73. The average Bonchev–Trinajstić information content (AvgIpc) is 2.82. The first kappa shape index (κ1) is 27.8. The number of alkyl halides is 3. The van der Waals surface area contributed by atoms with Gasteiger partial charge in [-0.15, -0.1) is 0 Å². The number of aryl methyl sites for hydroxylation is 1. The van der Waals surface area contributed by atoms with Gasteiger partial charge in [-0.3, -0.25) is 9.00 Å². The smallest absolute Gasteiger partial charge is 0.433 e. The summed E-state index contributed by atoms with van der Waals surface area (Å²) in [5.41, 5.74) is 5.30. The zero-order valence-electron chi connectivity index (χ0n) is 19.8. The van der Waals surface area contributed by atoms with Crippen LogP contribution in [0.2, 0.25) is 0 Å². The highest BCUT2D eigenvalue weighted by molar-refractivity contribution is 7.80. The van der Waals surface area contributed by atoms with Crippen LogP contribution in [0.1, 0.15) is 67.0 Å². The maximum Gasteiger partial charge on any atom is 0.433 e. The predicted molar refractivity (Wildman–Crippen MR) is 129 cm³/mol. The Labute approximate surface area is 210 Å². The van der Waals surface area contributed by atoms with E-state index in [2.05, 4.69) is 4.98 Å². The second-order valence-corrected chi connectivity index (χ2v) is 9.90. The third-order valence-corrected chi connectivity index (χ3v) is 7.11. The largest absolute Gasteiger partial charge is 0.755 e. The first-order valence-corrected chi connectivity index (χ1v) is 12.7. The number of halogens is 4. The number of carbonyl (C=O) groups excluding carboxylic acids is 1. The Morgan fingerprint density at radius 2 is 1.94 bits per heavy atom. The van der Waals surface area contributed by atoms with Crippen molar-refractivity contribution in [3.63, 3.8) is 0 Å². The fraction of sp³-hybridized carbons (Fsp3) is 0.440. The predicted octanol–water partition coefficient (Wildman–Crippen LogP) is 5.27. The Hall–Kier alpha value is -2.79. The van der Waals surface area contributed by atoms with Gasteiger partial charge in [0.25, 0.3) is 0 Å². The first-order chi connectivity index (χ1) is 17.0. The summed E-state index contributed by atoms with van der Waals surface area (Å²) in [5, 5.41) is 0. The van der Waals surface area contributed by atoms with Gasteiger partial charge in [-0.05, 0) is 67.0 Å². The molecular formula is C25H28F4N3O3S-. The van der Waals surface area contributed by atoms with Crippen LogP contribution in [0, 0.1) is 11.7 Å². The van der Waals surface area contributed by atoms with E-state index in [4.69, 9.17) is 5.73 Å². The van der Waals surface area contributed by atoms with Crippen molar-refractivity contribution in [1.29, 1.82) is 0 Å². The number of anilines is 1. The third-order valence-electron chi connectivity index (χ3n) is 6.46. The van der Waals surface area contributed by atoms with E-state index in [-0.39, 0.29) is 35.7 Å². The normalized spacial score (nSPS) is 16.7. The van der Waals surface area contributed by atoms with E-state index in [1.165, 1.54) is 25.2 Å². The van der Waals surface area contributed by atoms with Crippen LogP contribution in [0.25, 0.3) is 6.08 Å². The molecule has 36 heavy (non-hydrogen) atoms. The van der Waals surface area contributed by atoms with Crippen molar-refractivity contribution >= 4 is 28.9 Å². The van der Waals surface area contributed by atoms with Crippen molar-refractivity contribution in [3.05, 3.63) is 64.7 Å². The van der Waals surface area contributed by atoms with Gasteiger partial charge in [-0.1, -0.05) is 37.5 Å². The molecule has 196 valence electrons. The van der Waals surface area contributed by atoms with Gasteiger partial charge in [0.1, 0.15) is 11.5 Å². The summed E-state index contributed by atoms with van der Waals surface area (Å²) in [6, 6.07) is 5.93. The van der Waals surface area contributed by atoms with Gasteiger partial charge in [-0.25, -0.2) is 9.37 Å². The SMILES string of the molecule is CN(c1ccc(C(CCc2ccc(C(F)(F)F)nc2C=CC2CCCCC2)C(N)=O)cc1F)S(=O)[O-]. The molecule has 3 rings (SSSR count). The molecule has 1 aliphatic carbocycles. The van der Waals surface area contributed by atoms with E-state index < -0.39 is 40.8 Å². The van der Waals surface area contributed by atoms with E-state index in [9.17, 15) is 31.1 Å². The van der Waals surface area contributed by atoms with E-state index in [1.54, 1.807) is 6.08 Å². The van der Waals surface area contributed by atoms with Crippen molar-refractivity contribution in [2.75, 3.05) is 11.4 Å². The number of hydrogen-bond donors (Lipinski definition) is 1. The van der Waals surface area contributed by atoms with Crippen LogP contribution in [0.15, 0.2) is 36.4 Å². The lowest BCUT2D eigenvalue weighted by Gasteiger charge is -2.23. The average molecular weight is 527 g/mol. The van der Waals surface area contributed by atoms with Crippen molar-refractivity contribution in [2.24, 2.45) is 11.7 Å². The van der Waals surface area contributed by atoms with Gasteiger partial charge >= 0.3 is 6.18 Å². The Morgan fingerprint density at radius 3 is 2.53 bits per heavy atom. The van der Waals surface area contributed by atoms with E-state index >= 15 is 0 Å². The van der Waals surface area contributed by atoms with Gasteiger partial charge in [0.15, 0.2) is 0 Å². The quantitative estimate of drug-likeness (QED) is 0.356. The van der Waals surface area contributed by atoms with Gasteiger partial charge in [-0.2, -0.15) is 13.2 Å². The molecule has 2 unspecified atom stereocenters. The van der Waals surface area contributed by atoms with Crippen LogP contribution in [0.3, 0.4) is 0 Å². The summed E-state index contributed by atoms with van der Waals surface area (Å²) in [6.45, 7) is 0. The van der Waals surface area contributed by atoms with Crippen molar-refractivity contribution in [2.45, 2.75) is 57.0 Å². The van der Waals surface area contributed by atoms with Crippen molar-refractivity contribution in [3.8, 4) is 0 Å². The number of amides is 1. The molecule has 2 aromatic rings. The zero-order valence-corrected chi connectivity index (χ0v) is 20.6. The molecule has 6 nitrogen and oxygen atoms in total. The van der Waals surface area contributed by atoms with E-state index in [0.717, 1.165) is 44.2 Å². The summed E-state index contributed by atoms with van der Waals surface area (Å²) >= 11 is -2.68. The van der Waals surface area contributed by atoms with Gasteiger partial charge in [0.05, 0.1) is 17.3 Å². The number of benzene rings is 1. The number of nitrogens with zero attached hydrogens (tertiary/aromatic N) is 2. The summed E-state index contributed by atoms with van der Waals surface area (Å²) < 4.78 is 77.3. The number of primary amides is 1. The number of carbonyl (C=O) groups is 1. The van der Waals surface area contributed by atoms with Gasteiger partial charge < -0.3 is 14.6 Å². The number of allylic oxidation sites excluding steroid dienone is 1. The number of aromatic nitrogens is 1. The van der Waals surface area contributed by atoms with Crippen LogP contribution < -0.4 is 10.0 Å². The highest BCUT2D eigenvalue weighted by atomic mass is 32.2. The number of nitrogens with two attached hydrogens (primary N) is 1. The monoisotopic (exact) mass is 526 g/mol. The molecule has 1 fully saturated rings. The number of rotatable bonds is 9. The molecule has 0 bridgehead atoms. The molecule has 2 atom stereocenters. The molecule has 1 aliphatic rings. The molecule has 0 saturated heterocycles. The lowest BCUT2D eigenvalue weighted by atomic mass is 9.88. The Balaban J connectivity index is 1.85. The third kappa shape index (κ3) is 7.13. The minimum Gasteiger partial charge on any atom is -0.755 e. The molecule has 0 spiro atoms. The number of hydrogen-bond acceptors (Lipinski definition) is 4. The second-order valence-electron chi connectivity index (χ2n) is 8.91. The standard InChI is InChI=1S/C25H29F4N3O3S/c1-32(36(34)35)22-13-9-18(15-20(22)26)19(24(30)33)11-8-17-10-14-23(25(27,28)29)31-21(17)12-7-16-5-3-2-4-6-16/h7,9-10,12-16,19H,2-6,8,11H2,1H3,(H2,30,33)(H,34,35)/p-1. The van der Waals surface area contributed by atoms with Crippen LogP contribution in [0.4, 0.5) is 23.2 Å². The highest BCUT2D eigenvalue weighted by Crippen LogP contribution is 2.32. The van der Waals surface area contributed by atoms with E-state index in [0.29, 0.717) is 9.87 Å². The summed E-state index contributed by atoms with van der Waals surface area (Å²) in [5.74, 6) is -2.24. The topological polar surface area (TPSA) is 99.4 Å². The molecule has 0 aliphatic heterocycles. The highest BCUT2D eigenvalue weighted by Gasteiger charge is 2.33. The Morgan fingerprint density at radius 1 is 1.25 bits per heavy atom. The molecule has 1 heterocycles. The molecule has 0 radical (unpaired) electrons. The van der Waals surface area contributed by atoms with Crippen LogP contribution in [-0.2, 0) is 28.7 Å². The first-order valence-electron chi connectivity index (χ1n) is 11.6. The Kier molecular flexibility index (Phi) is 9.24. The maximum atomic E-state index is 14.6. The maximum absolute atomic E-state index is 14.6. The molecule has 2 N–H and O–H groups in total. The van der Waals surface area contributed by atoms with Gasteiger partial charge in [0.2, 0.25) is 5.91 Å². The second kappa shape index (κ2) is 12.0. The van der Waals surface area contributed by atoms with Crippen molar-refractivity contribution in [1.82, 2.24) is 4.98 Å². The zero-order chi connectivity index (χ0) is 26.5. The fourth-order valence-electron chi connectivity index (χ4n) is 4.42. The van der Waals surface area contributed by atoms with Gasteiger partial charge in [0, 0.05) is 18.3 Å². The summed E-state index contributed by atoms with van der Waals surface area (Å²) in [6.07, 6.45) is 4.47. The molecular weight excluding hydrogens is 498 g/mol.